The van der Waals surface area contributed by atoms with E-state index in [2.05, 4.69) is 26.1 Å². The van der Waals surface area contributed by atoms with Crippen LogP contribution < -0.4 is 15.4 Å². The van der Waals surface area contributed by atoms with Crippen molar-refractivity contribution in [1.82, 2.24) is 10.2 Å². The van der Waals surface area contributed by atoms with E-state index in [-0.39, 0.29) is 10.6 Å². The van der Waals surface area contributed by atoms with Crippen LogP contribution in [0.3, 0.4) is 0 Å². The van der Waals surface area contributed by atoms with Gasteiger partial charge in [0.25, 0.3) is 5.56 Å². The normalized spacial score (nSPS) is 15.1. The van der Waals surface area contributed by atoms with E-state index in [0.717, 1.165) is 31.7 Å². The largest absolute Gasteiger partial charge is 0.369 e. The lowest BCUT2D eigenvalue weighted by atomic mass is 10.1. The Morgan fingerprint density at radius 2 is 1.83 bits per heavy atom. The molecule has 1 aliphatic heterocycles. The molecule has 0 unspecified atom stereocenters. The van der Waals surface area contributed by atoms with Crippen LogP contribution in [0.15, 0.2) is 35.3 Å². The summed E-state index contributed by atoms with van der Waals surface area (Å²) in [6.45, 7) is 3.10. The first-order chi connectivity index (χ1) is 11.2. The van der Waals surface area contributed by atoms with Crippen molar-refractivity contribution >= 4 is 23.0 Å². The highest BCUT2D eigenvalue weighted by molar-refractivity contribution is 6.33. The average Bonchev–Trinajstić information content (AvgIpc) is 2.83. The fourth-order valence-electron chi connectivity index (χ4n) is 2.84. The highest BCUT2D eigenvalue weighted by atomic mass is 35.5. The van der Waals surface area contributed by atoms with Gasteiger partial charge in [-0.15, -0.1) is 0 Å². The van der Waals surface area contributed by atoms with E-state index in [9.17, 15) is 10.1 Å². The van der Waals surface area contributed by atoms with E-state index < -0.39 is 0 Å². The molecule has 118 valence electrons. The third-order valence-electron chi connectivity index (χ3n) is 3.98. The van der Waals surface area contributed by atoms with Gasteiger partial charge >= 0.3 is 0 Å². The van der Waals surface area contributed by atoms with Gasteiger partial charge in [0.1, 0.15) is 11.1 Å². The number of nitriles is 1. The van der Waals surface area contributed by atoms with Gasteiger partial charge in [-0.1, -0.05) is 23.7 Å². The van der Waals surface area contributed by atoms with E-state index in [1.807, 2.05) is 24.3 Å². The van der Waals surface area contributed by atoms with Gasteiger partial charge in [-0.05, 0) is 18.6 Å². The lowest BCUT2D eigenvalue weighted by molar-refractivity contribution is 0.801. The molecule has 0 radical (unpaired) electrons. The van der Waals surface area contributed by atoms with Gasteiger partial charge in [-0.25, -0.2) is 5.10 Å². The number of aromatic nitrogens is 2. The second-order valence-corrected chi connectivity index (χ2v) is 5.73. The van der Waals surface area contributed by atoms with Crippen LogP contribution in [-0.4, -0.2) is 36.4 Å². The number of halogens is 1. The van der Waals surface area contributed by atoms with Crippen LogP contribution in [0.1, 0.15) is 12.0 Å². The Morgan fingerprint density at radius 1 is 1.13 bits per heavy atom. The fourth-order valence-corrected chi connectivity index (χ4v) is 3.05. The van der Waals surface area contributed by atoms with Crippen LogP contribution in [-0.2, 0) is 0 Å². The van der Waals surface area contributed by atoms with Crippen molar-refractivity contribution in [2.24, 2.45) is 0 Å². The highest BCUT2D eigenvalue weighted by Gasteiger charge is 2.20. The SMILES string of the molecule is N#Cc1ccccc1N1CCCN(c2cn[nH]c(=O)c2Cl)CC1. The Labute approximate surface area is 138 Å². The van der Waals surface area contributed by atoms with Crippen molar-refractivity contribution in [3.05, 3.63) is 51.4 Å². The summed E-state index contributed by atoms with van der Waals surface area (Å²) in [4.78, 5) is 15.9. The molecule has 0 aliphatic carbocycles. The molecule has 1 saturated heterocycles. The summed E-state index contributed by atoms with van der Waals surface area (Å²) in [5, 5.41) is 15.6. The van der Waals surface area contributed by atoms with Gasteiger partial charge in [0.2, 0.25) is 0 Å². The zero-order valence-electron chi connectivity index (χ0n) is 12.5. The van der Waals surface area contributed by atoms with E-state index in [4.69, 9.17) is 11.6 Å². The molecule has 1 aliphatic rings. The van der Waals surface area contributed by atoms with E-state index >= 15 is 0 Å². The number of benzene rings is 1. The van der Waals surface area contributed by atoms with Gasteiger partial charge in [0, 0.05) is 26.2 Å². The average molecular weight is 330 g/mol. The van der Waals surface area contributed by atoms with Crippen LogP contribution in [0.5, 0.6) is 0 Å². The standard InChI is InChI=1S/C16H16ClN5O/c17-15-14(11-19-20-16(15)23)22-7-3-6-21(8-9-22)13-5-2-1-4-12(13)10-18/h1-2,4-5,11H,3,6-9H2,(H,20,23). The maximum absolute atomic E-state index is 11.6. The molecule has 0 amide bonds. The molecule has 0 spiro atoms. The minimum Gasteiger partial charge on any atom is -0.369 e. The molecule has 1 aromatic heterocycles. The first-order valence-electron chi connectivity index (χ1n) is 7.43. The Bertz CT molecular complexity index is 798. The summed E-state index contributed by atoms with van der Waals surface area (Å²) >= 11 is 6.10. The lowest BCUT2D eigenvalue weighted by Gasteiger charge is -2.25. The van der Waals surface area contributed by atoms with Crippen LogP contribution in [0, 0.1) is 11.3 Å². The van der Waals surface area contributed by atoms with Gasteiger partial charge < -0.3 is 9.80 Å². The minimum absolute atomic E-state index is 0.172. The van der Waals surface area contributed by atoms with Gasteiger partial charge in [-0.3, -0.25) is 4.79 Å². The topological polar surface area (TPSA) is 76.0 Å². The van der Waals surface area contributed by atoms with Crippen molar-refractivity contribution in [2.75, 3.05) is 36.0 Å². The number of hydrogen-bond donors (Lipinski definition) is 1. The summed E-state index contributed by atoms with van der Waals surface area (Å²) in [7, 11) is 0. The van der Waals surface area contributed by atoms with E-state index in [0.29, 0.717) is 17.8 Å². The van der Waals surface area contributed by atoms with E-state index in [1.54, 1.807) is 6.20 Å². The molecular weight excluding hydrogens is 314 g/mol. The summed E-state index contributed by atoms with van der Waals surface area (Å²) in [6, 6.07) is 9.85. The zero-order valence-corrected chi connectivity index (χ0v) is 13.3. The first-order valence-corrected chi connectivity index (χ1v) is 7.80. The maximum atomic E-state index is 11.6. The molecule has 1 fully saturated rings. The summed E-state index contributed by atoms with van der Waals surface area (Å²) < 4.78 is 0. The van der Waals surface area contributed by atoms with Gasteiger partial charge in [0.15, 0.2) is 0 Å². The number of aromatic amines is 1. The lowest BCUT2D eigenvalue weighted by Crippen LogP contribution is -2.32. The maximum Gasteiger partial charge on any atom is 0.285 e. The number of para-hydroxylation sites is 1. The first kappa shape index (κ1) is 15.4. The Morgan fingerprint density at radius 3 is 2.57 bits per heavy atom. The molecule has 0 saturated carbocycles. The second-order valence-electron chi connectivity index (χ2n) is 5.35. The van der Waals surface area contributed by atoms with Crippen LogP contribution in [0.4, 0.5) is 11.4 Å². The van der Waals surface area contributed by atoms with Gasteiger partial charge in [-0.2, -0.15) is 10.4 Å². The molecule has 1 aromatic carbocycles. The number of hydrogen-bond acceptors (Lipinski definition) is 5. The van der Waals surface area contributed by atoms with E-state index in [1.165, 1.54) is 0 Å². The van der Waals surface area contributed by atoms with Crippen LogP contribution in [0.25, 0.3) is 0 Å². The Balaban J connectivity index is 1.81. The molecule has 23 heavy (non-hydrogen) atoms. The quantitative estimate of drug-likeness (QED) is 0.912. The number of anilines is 2. The molecule has 3 rings (SSSR count). The molecule has 7 heteroatoms. The van der Waals surface area contributed by atoms with Crippen molar-refractivity contribution in [1.29, 1.82) is 5.26 Å². The number of nitrogens with zero attached hydrogens (tertiary/aromatic N) is 4. The third kappa shape index (κ3) is 3.15. The van der Waals surface area contributed by atoms with Gasteiger partial charge in [0.05, 0.1) is 23.1 Å². The summed E-state index contributed by atoms with van der Waals surface area (Å²) in [6.07, 6.45) is 2.49. The van der Waals surface area contributed by atoms with Crippen LogP contribution >= 0.6 is 11.6 Å². The number of H-pyrrole nitrogens is 1. The minimum atomic E-state index is -0.375. The highest BCUT2D eigenvalue weighted by Crippen LogP contribution is 2.25. The molecule has 0 atom stereocenters. The monoisotopic (exact) mass is 329 g/mol. The van der Waals surface area contributed by atoms with Crippen molar-refractivity contribution in [2.45, 2.75) is 6.42 Å². The Kier molecular flexibility index (Phi) is 4.49. The van der Waals surface area contributed by atoms with Crippen molar-refractivity contribution in [3.8, 4) is 6.07 Å². The van der Waals surface area contributed by atoms with Crippen LogP contribution in [0.2, 0.25) is 5.02 Å². The molecule has 2 aromatic rings. The third-order valence-corrected chi connectivity index (χ3v) is 4.34. The smallest absolute Gasteiger partial charge is 0.285 e. The summed E-state index contributed by atoms with van der Waals surface area (Å²) in [5.41, 5.74) is 1.91. The molecule has 2 heterocycles. The summed E-state index contributed by atoms with van der Waals surface area (Å²) in [5.74, 6) is 0. The number of rotatable bonds is 2. The molecule has 1 N–H and O–H groups in total. The molecule has 0 bridgehead atoms. The fraction of sp³-hybridized carbons (Fsp3) is 0.312. The van der Waals surface area contributed by atoms with Crippen molar-refractivity contribution < 1.29 is 0 Å². The Hall–Kier alpha value is -2.52. The van der Waals surface area contributed by atoms with Crippen molar-refractivity contribution in [3.63, 3.8) is 0 Å². The number of nitrogens with one attached hydrogen (secondary N) is 1. The zero-order chi connectivity index (χ0) is 16.2. The molecule has 6 nitrogen and oxygen atoms in total. The molecular formula is C16H16ClN5O. The predicted octanol–water partition coefficient (Wildman–Crippen LogP) is 2.01. The second kappa shape index (κ2) is 6.71. The predicted molar refractivity (Wildman–Crippen MR) is 90.1 cm³/mol.